The maximum absolute atomic E-state index is 4.88. The van der Waals surface area contributed by atoms with Crippen LogP contribution in [0.2, 0.25) is 0 Å². The zero-order chi connectivity index (χ0) is 17.4. The summed E-state index contributed by atoms with van der Waals surface area (Å²) in [5.74, 6) is 0. The third-order valence-electron chi connectivity index (χ3n) is 4.25. The first kappa shape index (κ1) is 15.3. The molecule has 0 saturated carbocycles. The molecule has 0 atom stereocenters. The maximum atomic E-state index is 4.88. The third-order valence-corrected chi connectivity index (χ3v) is 4.25. The second-order valence-corrected chi connectivity index (χ2v) is 6.27. The van der Waals surface area contributed by atoms with Gasteiger partial charge in [-0.25, -0.2) is 4.98 Å². The summed E-state index contributed by atoms with van der Waals surface area (Å²) < 4.78 is 1.79. The maximum Gasteiger partial charge on any atom is 0.0748 e. The molecule has 0 aliphatic heterocycles. The number of hydrogen-bond donors (Lipinski definition) is 0. The molecule has 0 radical (unpaired) electrons. The molecule has 0 N–H and O–H groups in total. The lowest BCUT2D eigenvalue weighted by atomic mass is 10.0. The van der Waals surface area contributed by atoms with E-state index in [4.69, 9.17) is 4.98 Å². The van der Waals surface area contributed by atoms with Crippen molar-refractivity contribution in [2.24, 2.45) is 7.05 Å². The molecule has 0 spiro atoms. The van der Waals surface area contributed by atoms with Crippen molar-refractivity contribution < 1.29 is 0 Å². The highest BCUT2D eigenvalue weighted by Crippen LogP contribution is 2.32. The lowest BCUT2D eigenvalue weighted by Gasteiger charge is -2.15. The number of hydrogen-bond acceptors (Lipinski definition) is 4. The van der Waals surface area contributed by atoms with Gasteiger partial charge in [0, 0.05) is 55.7 Å². The summed E-state index contributed by atoms with van der Waals surface area (Å²) in [5.41, 5.74) is 5.99. The second kappa shape index (κ2) is 6.02. The highest BCUT2D eigenvalue weighted by atomic mass is 15.2. The fraction of sp³-hybridized carbons (Fsp3) is 0.150. The Labute approximate surface area is 146 Å². The summed E-state index contributed by atoms with van der Waals surface area (Å²) in [6.45, 7) is 0. The van der Waals surface area contributed by atoms with Crippen molar-refractivity contribution in [3.05, 3.63) is 61.1 Å². The van der Waals surface area contributed by atoms with Gasteiger partial charge in [0.1, 0.15) is 0 Å². The van der Waals surface area contributed by atoms with E-state index in [1.165, 1.54) is 0 Å². The number of fused-ring (bicyclic) bond motifs is 1. The van der Waals surface area contributed by atoms with E-state index in [-0.39, 0.29) is 0 Å². The molecule has 5 nitrogen and oxygen atoms in total. The van der Waals surface area contributed by atoms with Gasteiger partial charge in [-0.1, -0.05) is 12.1 Å². The van der Waals surface area contributed by atoms with E-state index in [1.807, 2.05) is 57.9 Å². The largest absolute Gasteiger partial charge is 0.378 e. The van der Waals surface area contributed by atoms with Crippen LogP contribution >= 0.6 is 0 Å². The van der Waals surface area contributed by atoms with Gasteiger partial charge in [0.05, 0.1) is 23.1 Å². The SMILES string of the molecule is CN(C)c1ccc2c(-c3ccccn3)cc(-c3cnn(C)c3)nc2c1. The molecule has 0 saturated heterocycles. The summed E-state index contributed by atoms with van der Waals surface area (Å²) in [5, 5.41) is 5.37. The van der Waals surface area contributed by atoms with E-state index in [2.05, 4.69) is 39.2 Å². The van der Waals surface area contributed by atoms with Gasteiger partial charge in [-0.2, -0.15) is 5.10 Å². The molecule has 0 aliphatic carbocycles. The summed E-state index contributed by atoms with van der Waals surface area (Å²) in [6, 6.07) is 14.4. The Kier molecular flexibility index (Phi) is 3.69. The minimum absolute atomic E-state index is 0.900. The molecule has 124 valence electrons. The van der Waals surface area contributed by atoms with Crippen LogP contribution in [0.1, 0.15) is 0 Å². The van der Waals surface area contributed by atoms with Gasteiger partial charge >= 0.3 is 0 Å². The Morgan fingerprint density at radius 3 is 2.56 bits per heavy atom. The first-order chi connectivity index (χ1) is 12.1. The van der Waals surface area contributed by atoms with E-state index >= 15 is 0 Å². The van der Waals surface area contributed by atoms with Crippen molar-refractivity contribution >= 4 is 16.6 Å². The molecule has 0 aliphatic rings. The lowest BCUT2D eigenvalue weighted by molar-refractivity contribution is 0.768. The molecule has 3 aromatic heterocycles. The molecule has 1 aromatic carbocycles. The monoisotopic (exact) mass is 329 g/mol. The van der Waals surface area contributed by atoms with Gasteiger partial charge < -0.3 is 4.90 Å². The summed E-state index contributed by atoms with van der Waals surface area (Å²) in [6.07, 6.45) is 5.64. The number of pyridine rings is 2. The van der Waals surface area contributed by atoms with Crippen LogP contribution in [-0.4, -0.2) is 33.8 Å². The van der Waals surface area contributed by atoms with Gasteiger partial charge in [-0.05, 0) is 30.3 Å². The number of nitrogens with zero attached hydrogens (tertiary/aromatic N) is 5. The topological polar surface area (TPSA) is 46.8 Å². The Hall–Kier alpha value is -3.21. The minimum Gasteiger partial charge on any atom is -0.378 e. The van der Waals surface area contributed by atoms with Crippen molar-refractivity contribution in [1.82, 2.24) is 19.7 Å². The van der Waals surface area contributed by atoms with E-state index in [9.17, 15) is 0 Å². The molecule has 3 heterocycles. The van der Waals surface area contributed by atoms with Crippen molar-refractivity contribution in [1.29, 1.82) is 0 Å². The van der Waals surface area contributed by atoms with Crippen LogP contribution in [0.5, 0.6) is 0 Å². The number of anilines is 1. The second-order valence-electron chi connectivity index (χ2n) is 6.27. The molecule has 4 rings (SSSR count). The highest BCUT2D eigenvalue weighted by molar-refractivity contribution is 5.97. The first-order valence-corrected chi connectivity index (χ1v) is 8.14. The summed E-state index contributed by atoms with van der Waals surface area (Å²) >= 11 is 0. The molecular weight excluding hydrogens is 310 g/mol. The Morgan fingerprint density at radius 2 is 1.88 bits per heavy atom. The minimum atomic E-state index is 0.900. The van der Waals surface area contributed by atoms with Gasteiger partial charge in [-0.15, -0.1) is 0 Å². The van der Waals surface area contributed by atoms with Gasteiger partial charge in [0.15, 0.2) is 0 Å². The predicted molar refractivity (Wildman–Crippen MR) is 102 cm³/mol. The molecule has 5 heteroatoms. The van der Waals surface area contributed by atoms with Crippen LogP contribution in [0.3, 0.4) is 0 Å². The standard InChI is InChI=1S/C20H19N5/c1-24(2)15-7-8-16-17(18-6-4-5-9-21-18)11-19(23-20(16)10-15)14-12-22-25(3)13-14/h4-13H,1-3H3. The molecule has 0 amide bonds. The average Bonchev–Trinajstić information content (AvgIpc) is 3.07. The Bertz CT molecular complexity index is 1030. The fourth-order valence-electron chi connectivity index (χ4n) is 2.93. The predicted octanol–water partition coefficient (Wildman–Crippen LogP) is 3.76. The average molecular weight is 329 g/mol. The van der Waals surface area contributed by atoms with Gasteiger partial charge in [-0.3, -0.25) is 9.67 Å². The highest BCUT2D eigenvalue weighted by Gasteiger charge is 2.12. The lowest BCUT2D eigenvalue weighted by Crippen LogP contribution is -2.08. The number of benzene rings is 1. The van der Waals surface area contributed by atoms with Crippen molar-refractivity contribution in [3.63, 3.8) is 0 Å². The first-order valence-electron chi connectivity index (χ1n) is 8.14. The summed E-state index contributed by atoms with van der Waals surface area (Å²) in [7, 11) is 5.98. The molecule has 0 unspecified atom stereocenters. The zero-order valence-electron chi connectivity index (χ0n) is 14.5. The van der Waals surface area contributed by atoms with Gasteiger partial charge in [0.2, 0.25) is 0 Å². The third kappa shape index (κ3) is 2.85. The van der Waals surface area contributed by atoms with Gasteiger partial charge in [0.25, 0.3) is 0 Å². The Morgan fingerprint density at radius 1 is 1.00 bits per heavy atom. The van der Waals surface area contributed by atoms with Crippen LogP contribution in [0, 0.1) is 0 Å². The molecule has 0 bridgehead atoms. The van der Waals surface area contributed by atoms with E-state index in [1.54, 1.807) is 4.68 Å². The van der Waals surface area contributed by atoms with Crippen molar-refractivity contribution in [2.75, 3.05) is 19.0 Å². The fourth-order valence-corrected chi connectivity index (χ4v) is 2.93. The van der Waals surface area contributed by atoms with Crippen molar-refractivity contribution in [3.8, 4) is 22.5 Å². The molecule has 25 heavy (non-hydrogen) atoms. The van der Waals surface area contributed by atoms with Crippen molar-refractivity contribution in [2.45, 2.75) is 0 Å². The number of aryl methyl sites for hydroxylation is 1. The van der Waals surface area contributed by atoms with Crippen LogP contribution in [0.4, 0.5) is 5.69 Å². The molecule has 4 aromatic rings. The normalized spacial score (nSPS) is 11.0. The van der Waals surface area contributed by atoms with E-state index < -0.39 is 0 Å². The van der Waals surface area contributed by atoms with Crippen LogP contribution in [0.15, 0.2) is 61.1 Å². The zero-order valence-corrected chi connectivity index (χ0v) is 14.5. The van der Waals surface area contributed by atoms with Crippen LogP contribution in [0.25, 0.3) is 33.4 Å². The van der Waals surface area contributed by atoms with Crippen LogP contribution < -0.4 is 4.90 Å². The molecule has 0 fully saturated rings. The Balaban J connectivity index is 2.01. The number of rotatable bonds is 3. The smallest absolute Gasteiger partial charge is 0.0748 e. The summed E-state index contributed by atoms with van der Waals surface area (Å²) in [4.78, 5) is 11.5. The van der Waals surface area contributed by atoms with E-state index in [0.29, 0.717) is 0 Å². The van der Waals surface area contributed by atoms with Crippen LogP contribution in [-0.2, 0) is 7.05 Å². The quantitative estimate of drug-likeness (QED) is 0.574. The number of aromatic nitrogens is 4. The van der Waals surface area contributed by atoms with E-state index in [0.717, 1.165) is 39.1 Å². The molecular formula is C20H19N5.